The summed E-state index contributed by atoms with van der Waals surface area (Å²) in [6.45, 7) is 0. The number of halogens is 4. The molecule has 8 heterocycles. The molecule has 8 N–H and O–H groups in total. The molecule has 4 aromatic carbocycles. The average Bonchev–Trinajstić information content (AvgIpc) is 1.64. The Morgan fingerprint density at radius 2 is 0.511 bits per heavy atom. The van der Waals surface area contributed by atoms with Gasteiger partial charge in [-0.2, -0.15) is 0 Å². The molecule has 4 fully saturated rings. The van der Waals surface area contributed by atoms with Crippen LogP contribution < -0.4 is 0 Å². The van der Waals surface area contributed by atoms with Crippen molar-refractivity contribution in [1.82, 2.24) is 38.2 Å². The standard InChI is InChI=1S/4C18H21FN2O2/c4*19-14-3-1-2-13-16-9-20-10-21(16)15(18(13)14)8-17(23)11-4-6-12(22)7-5-11/h4*1-3,9-12,15,17,22-23H,4-8H2/t2*11?,12?,15-,17+;2*11?,12?,15-,17-/m1010/s1. The number of hydrogen-bond acceptors (Lipinski definition) is 12. The van der Waals surface area contributed by atoms with Crippen LogP contribution in [0.2, 0.25) is 0 Å². The molecule has 92 heavy (non-hydrogen) atoms. The maximum absolute atomic E-state index is 14.4. The predicted octanol–water partition coefficient (Wildman–Crippen LogP) is 11.6. The van der Waals surface area contributed by atoms with Crippen LogP contribution in [0.15, 0.2) is 123 Å². The quantitative estimate of drug-likeness (QED) is 0.0534. The zero-order valence-corrected chi connectivity index (χ0v) is 51.6. The minimum absolute atomic E-state index is 0.182. The van der Waals surface area contributed by atoms with Crippen molar-refractivity contribution in [3.63, 3.8) is 0 Å². The monoisotopic (exact) mass is 1260 g/mol. The summed E-state index contributed by atoms with van der Waals surface area (Å²) >= 11 is 0. The second-order valence-electron chi connectivity index (χ2n) is 27.1. The van der Waals surface area contributed by atoms with Gasteiger partial charge >= 0.3 is 0 Å². The van der Waals surface area contributed by atoms with Crippen molar-refractivity contribution in [3.05, 3.63) is 168 Å². The molecule has 0 radical (unpaired) electrons. The summed E-state index contributed by atoms with van der Waals surface area (Å²) in [6, 6.07) is 19.6. The topological polar surface area (TPSA) is 233 Å². The van der Waals surface area contributed by atoms with Gasteiger partial charge in [0.2, 0.25) is 0 Å². The average molecular weight is 1270 g/mol. The van der Waals surface area contributed by atoms with Crippen LogP contribution in [0.1, 0.15) is 175 Å². The summed E-state index contributed by atoms with van der Waals surface area (Å²) in [4.78, 5) is 16.7. The zero-order valence-electron chi connectivity index (χ0n) is 51.6. The Bertz CT molecular complexity index is 3310. The molecule has 4 saturated carbocycles. The van der Waals surface area contributed by atoms with Crippen LogP contribution in [0, 0.1) is 46.9 Å². The summed E-state index contributed by atoms with van der Waals surface area (Å²) in [7, 11) is 0. The predicted molar refractivity (Wildman–Crippen MR) is 337 cm³/mol. The number of nitrogens with zero attached hydrogens (tertiary/aromatic N) is 8. The Labute approximate surface area is 533 Å². The van der Waals surface area contributed by atoms with Gasteiger partial charge in [0.05, 0.1) is 146 Å². The van der Waals surface area contributed by atoms with Gasteiger partial charge in [-0.3, -0.25) is 0 Å². The van der Waals surface area contributed by atoms with E-state index in [1.54, 1.807) is 74.4 Å². The van der Waals surface area contributed by atoms with Crippen molar-refractivity contribution in [2.24, 2.45) is 23.7 Å². The molecule has 0 saturated heterocycles. The summed E-state index contributed by atoms with van der Waals surface area (Å²) in [5.41, 5.74) is 9.81. The minimum atomic E-state index is -0.492. The van der Waals surface area contributed by atoms with Gasteiger partial charge in [-0.05, 0) is 176 Å². The largest absolute Gasteiger partial charge is 0.393 e. The van der Waals surface area contributed by atoms with Gasteiger partial charge in [-0.1, -0.05) is 48.5 Å². The molecular formula is C72H84F4N8O8. The first kappa shape index (κ1) is 63.9. The number of rotatable bonds is 12. The summed E-state index contributed by atoms with van der Waals surface area (Å²) in [6.07, 6.45) is 25.5. The molecule has 16 nitrogen and oxygen atoms in total. The highest BCUT2D eigenvalue weighted by Crippen LogP contribution is 2.49. The Morgan fingerprint density at radius 3 is 0.707 bits per heavy atom. The molecule has 8 atom stereocenters. The van der Waals surface area contributed by atoms with Gasteiger partial charge in [-0.25, -0.2) is 37.5 Å². The highest BCUT2D eigenvalue weighted by molar-refractivity contribution is 5.72. The third-order valence-electron chi connectivity index (χ3n) is 21.7. The highest BCUT2D eigenvalue weighted by atomic mass is 19.1. The molecule has 4 aliphatic carbocycles. The first-order chi connectivity index (χ1) is 44.6. The van der Waals surface area contributed by atoms with Crippen molar-refractivity contribution in [2.45, 2.75) is 201 Å². The van der Waals surface area contributed by atoms with E-state index in [0.717, 1.165) is 148 Å². The van der Waals surface area contributed by atoms with Crippen LogP contribution in [0.3, 0.4) is 0 Å². The van der Waals surface area contributed by atoms with Gasteiger partial charge in [0, 0.05) is 44.5 Å². The lowest BCUT2D eigenvalue weighted by molar-refractivity contribution is 0.0324. The van der Waals surface area contributed by atoms with Crippen LogP contribution >= 0.6 is 0 Å². The fourth-order valence-electron chi connectivity index (χ4n) is 16.6. The Kier molecular flexibility index (Phi) is 19.2. The van der Waals surface area contributed by atoms with Crippen LogP contribution in [-0.4, -0.2) is 128 Å². The molecule has 4 aliphatic heterocycles. The van der Waals surface area contributed by atoms with Crippen LogP contribution in [0.4, 0.5) is 17.6 Å². The molecule has 0 spiro atoms. The molecule has 16 rings (SSSR count). The van der Waals surface area contributed by atoms with Crippen LogP contribution in [-0.2, 0) is 0 Å². The van der Waals surface area contributed by atoms with Crippen LogP contribution in [0.25, 0.3) is 45.0 Å². The Hall–Kier alpha value is -6.88. The van der Waals surface area contributed by atoms with E-state index < -0.39 is 24.4 Å². The van der Waals surface area contributed by atoms with Gasteiger partial charge in [0.15, 0.2) is 0 Å². The Morgan fingerprint density at radius 1 is 0.315 bits per heavy atom. The van der Waals surface area contributed by atoms with E-state index in [9.17, 15) is 58.4 Å². The molecular weight excluding hydrogens is 1180 g/mol. The molecule has 8 aliphatic rings. The lowest BCUT2D eigenvalue weighted by Gasteiger charge is -2.31. The molecule has 20 heteroatoms. The minimum Gasteiger partial charge on any atom is -0.393 e. The number of aliphatic hydroxyl groups excluding tert-OH is 8. The second-order valence-corrected chi connectivity index (χ2v) is 27.1. The van der Waals surface area contributed by atoms with E-state index in [4.69, 9.17) is 0 Å². The number of aromatic nitrogens is 8. The molecule has 4 aromatic heterocycles. The van der Waals surface area contributed by atoms with Crippen molar-refractivity contribution in [1.29, 1.82) is 0 Å². The first-order valence-corrected chi connectivity index (χ1v) is 33.3. The fraction of sp³-hybridized carbons (Fsp3) is 0.500. The fourth-order valence-corrected chi connectivity index (χ4v) is 16.6. The normalized spacial score (nSPS) is 27.5. The summed E-state index contributed by atoms with van der Waals surface area (Å²) in [5, 5.41) is 81.1. The number of imidazole rings is 4. The third-order valence-corrected chi connectivity index (χ3v) is 21.7. The molecule has 0 unspecified atom stereocenters. The van der Waals surface area contributed by atoms with E-state index in [2.05, 4.69) is 19.9 Å². The van der Waals surface area contributed by atoms with Crippen LogP contribution in [0.5, 0.6) is 0 Å². The third kappa shape index (κ3) is 12.8. The number of aliphatic hydroxyl groups is 8. The highest BCUT2D eigenvalue weighted by Gasteiger charge is 2.40. The van der Waals surface area contributed by atoms with Crippen molar-refractivity contribution in [2.75, 3.05) is 0 Å². The summed E-state index contributed by atoms with van der Waals surface area (Å²) < 4.78 is 65.4. The number of fused-ring (bicyclic) bond motifs is 12. The van der Waals surface area contributed by atoms with Gasteiger partial charge in [0.25, 0.3) is 0 Å². The molecule has 0 bridgehead atoms. The number of hydrogen-bond donors (Lipinski definition) is 8. The smallest absolute Gasteiger partial charge is 0.129 e. The lowest BCUT2D eigenvalue weighted by atomic mass is 9.81. The van der Waals surface area contributed by atoms with Gasteiger partial charge in [0.1, 0.15) is 23.3 Å². The number of benzene rings is 4. The van der Waals surface area contributed by atoms with E-state index in [0.29, 0.717) is 47.9 Å². The SMILES string of the molecule is OC1CCC([C@@H](O)C[C@@H]2c3c(F)cccc3-c3cncn32)CC1.OC1CCC([C@@H](O)C[C@H]2c3c(F)cccc3-c3cncn32)CC1.OC1CCC([C@H](O)C[C@@H]2c3c(F)cccc3-c3cncn32)CC1.OC1CCC([C@H](O)C[C@H]2c3c(F)cccc3-c3cncn32)CC1. The van der Waals surface area contributed by atoms with Crippen molar-refractivity contribution in [3.8, 4) is 45.0 Å². The first-order valence-electron chi connectivity index (χ1n) is 33.3. The molecule has 8 aromatic rings. The molecule has 0 amide bonds. The van der Waals surface area contributed by atoms with E-state index in [1.165, 1.54) is 24.3 Å². The van der Waals surface area contributed by atoms with Crippen molar-refractivity contribution >= 4 is 0 Å². The van der Waals surface area contributed by atoms with Gasteiger partial charge < -0.3 is 59.1 Å². The van der Waals surface area contributed by atoms with Gasteiger partial charge in [-0.15, -0.1) is 0 Å². The maximum atomic E-state index is 14.4. The molecule has 488 valence electrons. The maximum Gasteiger partial charge on any atom is 0.129 e. The lowest BCUT2D eigenvalue weighted by Crippen LogP contribution is -2.29. The summed E-state index contributed by atoms with van der Waals surface area (Å²) in [5.74, 6) is -0.153. The van der Waals surface area contributed by atoms with E-state index >= 15 is 0 Å². The van der Waals surface area contributed by atoms with E-state index in [1.807, 2.05) is 42.5 Å². The Balaban J connectivity index is 0.000000112. The second kappa shape index (κ2) is 27.6. The zero-order chi connectivity index (χ0) is 63.9. The van der Waals surface area contributed by atoms with E-state index in [-0.39, 0.29) is 95.5 Å². The van der Waals surface area contributed by atoms with Crippen molar-refractivity contribution < 1.29 is 58.4 Å².